The molecule has 1 aromatic heterocycles. The second-order valence-electron chi connectivity index (χ2n) is 5.97. The van der Waals surface area contributed by atoms with Crippen molar-refractivity contribution in [2.24, 2.45) is 0 Å². The molecule has 2 N–H and O–H groups in total. The van der Waals surface area contributed by atoms with Gasteiger partial charge < -0.3 is 10.2 Å². The summed E-state index contributed by atoms with van der Waals surface area (Å²) in [6.45, 7) is 6.62. The lowest BCUT2D eigenvalue weighted by molar-refractivity contribution is -0.895. The maximum Gasteiger partial charge on any atom is 0.275 e. The second-order valence-corrected chi connectivity index (χ2v) is 9.85. The van der Waals surface area contributed by atoms with E-state index in [-0.39, 0.29) is 16.2 Å². The molecule has 0 aromatic carbocycles. The molecule has 0 saturated carbocycles. The van der Waals surface area contributed by atoms with Gasteiger partial charge in [-0.15, -0.1) is 11.3 Å². The minimum atomic E-state index is -3.47. The molecule has 0 radical (unpaired) electrons. The third kappa shape index (κ3) is 4.92. The zero-order chi connectivity index (χ0) is 17.7. The summed E-state index contributed by atoms with van der Waals surface area (Å²) >= 11 is 6.91. The first-order valence-electron chi connectivity index (χ1n) is 8.25. The third-order valence-corrected chi connectivity index (χ3v) is 7.93. The van der Waals surface area contributed by atoms with E-state index in [9.17, 15) is 13.2 Å². The van der Waals surface area contributed by atoms with E-state index in [0.29, 0.717) is 37.1 Å². The van der Waals surface area contributed by atoms with E-state index in [1.165, 1.54) is 4.31 Å². The monoisotopic (exact) mass is 394 g/mol. The number of amides is 1. The largest absolute Gasteiger partial charge is 0.349 e. The summed E-state index contributed by atoms with van der Waals surface area (Å²) in [4.78, 5) is 13.2. The van der Waals surface area contributed by atoms with Crippen LogP contribution in [0.1, 0.15) is 26.7 Å². The molecule has 0 bridgehead atoms. The van der Waals surface area contributed by atoms with Gasteiger partial charge in [-0.2, -0.15) is 4.31 Å². The molecule has 0 spiro atoms. The summed E-state index contributed by atoms with van der Waals surface area (Å²) in [5.41, 5.74) is 0. The lowest BCUT2D eigenvalue weighted by Crippen LogP contribution is -3.15. The number of nitrogens with zero attached hydrogens (tertiary/aromatic N) is 1. The van der Waals surface area contributed by atoms with Crippen LogP contribution in [0, 0.1) is 0 Å². The molecule has 1 aromatic rings. The molecule has 2 heterocycles. The summed E-state index contributed by atoms with van der Waals surface area (Å²) in [6, 6.07) is 3.37. The van der Waals surface area contributed by atoms with Crippen LogP contribution in [0.3, 0.4) is 0 Å². The molecule has 0 atom stereocenters. The standard InChI is InChI=1S/C15H24ClN3O3S2/c1-3-12(4-2)17-14(20)11-18-7-9-19(10-8-18)24(21,22)15-6-5-13(16)23-15/h5-6,12H,3-4,7-11H2,1-2H3,(H,17,20)/p+1. The van der Waals surface area contributed by atoms with Crippen molar-refractivity contribution in [2.75, 3.05) is 32.7 Å². The van der Waals surface area contributed by atoms with Crippen LogP contribution in [-0.2, 0) is 14.8 Å². The van der Waals surface area contributed by atoms with Gasteiger partial charge in [0.2, 0.25) is 0 Å². The second kappa shape index (κ2) is 8.62. The first kappa shape index (κ1) is 19.7. The molecule has 24 heavy (non-hydrogen) atoms. The van der Waals surface area contributed by atoms with Crippen LogP contribution in [-0.4, -0.2) is 57.4 Å². The number of halogens is 1. The number of hydrogen-bond acceptors (Lipinski definition) is 4. The van der Waals surface area contributed by atoms with Gasteiger partial charge in [0.05, 0.1) is 30.5 Å². The fourth-order valence-electron chi connectivity index (χ4n) is 2.78. The average Bonchev–Trinajstić information content (AvgIpc) is 3.00. The number of nitrogens with one attached hydrogen (secondary N) is 2. The van der Waals surface area contributed by atoms with Gasteiger partial charge in [-0.1, -0.05) is 25.4 Å². The molecule has 1 fully saturated rings. The number of carbonyl (C=O) groups is 1. The summed E-state index contributed by atoms with van der Waals surface area (Å²) in [7, 11) is -3.47. The molecule has 2 rings (SSSR count). The van der Waals surface area contributed by atoms with Gasteiger partial charge in [0.1, 0.15) is 4.21 Å². The van der Waals surface area contributed by atoms with Gasteiger partial charge in [0, 0.05) is 6.04 Å². The van der Waals surface area contributed by atoms with Crippen molar-refractivity contribution in [3.05, 3.63) is 16.5 Å². The molecule has 0 unspecified atom stereocenters. The molecule has 1 saturated heterocycles. The molecule has 1 amide bonds. The molecule has 136 valence electrons. The number of quaternary nitrogens is 1. The normalized spacial score (nSPS) is 17.3. The highest BCUT2D eigenvalue weighted by Gasteiger charge is 2.32. The van der Waals surface area contributed by atoms with E-state index < -0.39 is 10.0 Å². The van der Waals surface area contributed by atoms with E-state index in [0.717, 1.165) is 29.1 Å². The Morgan fingerprint density at radius 3 is 2.46 bits per heavy atom. The number of carbonyl (C=O) groups excluding carboxylic acids is 1. The molecule has 1 aliphatic heterocycles. The van der Waals surface area contributed by atoms with Crippen molar-refractivity contribution in [3.63, 3.8) is 0 Å². The van der Waals surface area contributed by atoms with Crippen LogP contribution in [0.5, 0.6) is 0 Å². The molecule has 0 aliphatic carbocycles. The van der Waals surface area contributed by atoms with Gasteiger partial charge in [0.25, 0.3) is 15.9 Å². The van der Waals surface area contributed by atoms with E-state index in [2.05, 4.69) is 19.2 Å². The maximum atomic E-state index is 12.5. The summed E-state index contributed by atoms with van der Waals surface area (Å²) < 4.78 is 27.3. The Kier molecular flexibility index (Phi) is 7.06. The van der Waals surface area contributed by atoms with E-state index in [4.69, 9.17) is 11.6 Å². The van der Waals surface area contributed by atoms with Crippen molar-refractivity contribution in [2.45, 2.75) is 36.9 Å². The van der Waals surface area contributed by atoms with Crippen LogP contribution < -0.4 is 10.2 Å². The number of thiophene rings is 1. The van der Waals surface area contributed by atoms with Crippen LogP contribution in [0.2, 0.25) is 4.34 Å². The predicted octanol–water partition coefficient (Wildman–Crippen LogP) is 0.596. The van der Waals surface area contributed by atoms with Gasteiger partial charge in [0.15, 0.2) is 6.54 Å². The van der Waals surface area contributed by atoms with Gasteiger partial charge in [-0.25, -0.2) is 8.42 Å². The summed E-state index contributed by atoms with van der Waals surface area (Å²) in [6.07, 6.45) is 1.85. The zero-order valence-electron chi connectivity index (χ0n) is 14.0. The Bertz CT molecular complexity index is 651. The van der Waals surface area contributed by atoms with E-state index in [1.54, 1.807) is 12.1 Å². The van der Waals surface area contributed by atoms with Crippen molar-refractivity contribution in [3.8, 4) is 0 Å². The predicted molar refractivity (Wildman–Crippen MR) is 96.2 cm³/mol. The van der Waals surface area contributed by atoms with Crippen molar-refractivity contribution in [1.82, 2.24) is 9.62 Å². The SMILES string of the molecule is CCC(CC)NC(=O)C[NH+]1CCN(S(=O)(=O)c2ccc(Cl)s2)CC1. The van der Waals surface area contributed by atoms with E-state index >= 15 is 0 Å². The Morgan fingerprint density at radius 1 is 1.33 bits per heavy atom. The number of hydrogen-bond donors (Lipinski definition) is 2. The van der Waals surface area contributed by atoms with Crippen LogP contribution in [0.4, 0.5) is 0 Å². The van der Waals surface area contributed by atoms with Crippen LogP contribution >= 0.6 is 22.9 Å². The topological polar surface area (TPSA) is 70.9 Å². The van der Waals surface area contributed by atoms with Gasteiger partial charge >= 0.3 is 0 Å². The highest BCUT2D eigenvalue weighted by molar-refractivity contribution is 7.91. The highest BCUT2D eigenvalue weighted by Crippen LogP contribution is 2.27. The lowest BCUT2D eigenvalue weighted by Gasteiger charge is -2.31. The summed E-state index contributed by atoms with van der Waals surface area (Å²) in [5, 5.41) is 3.03. The Labute approximate surface area is 152 Å². The quantitative estimate of drug-likeness (QED) is 0.711. The van der Waals surface area contributed by atoms with Crippen molar-refractivity contribution >= 4 is 38.9 Å². The number of rotatable bonds is 7. The molecular formula is C15H25ClN3O3S2+. The van der Waals surface area contributed by atoms with E-state index in [1.807, 2.05) is 0 Å². The fraction of sp³-hybridized carbons (Fsp3) is 0.667. The molecule has 9 heteroatoms. The Hall–Kier alpha value is -0.670. The molecule has 6 nitrogen and oxygen atoms in total. The zero-order valence-corrected chi connectivity index (χ0v) is 16.4. The number of piperazine rings is 1. The minimum absolute atomic E-state index is 0.0417. The van der Waals surface area contributed by atoms with Crippen molar-refractivity contribution < 1.29 is 18.1 Å². The van der Waals surface area contributed by atoms with Crippen molar-refractivity contribution in [1.29, 1.82) is 0 Å². The van der Waals surface area contributed by atoms with Gasteiger partial charge in [-0.05, 0) is 25.0 Å². The molecule has 1 aliphatic rings. The third-order valence-electron chi connectivity index (χ3n) is 4.33. The fourth-order valence-corrected chi connectivity index (χ4v) is 5.86. The minimum Gasteiger partial charge on any atom is -0.349 e. The lowest BCUT2D eigenvalue weighted by atomic mass is 10.2. The highest BCUT2D eigenvalue weighted by atomic mass is 35.5. The Balaban J connectivity index is 1.86. The van der Waals surface area contributed by atoms with Crippen LogP contribution in [0.25, 0.3) is 0 Å². The smallest absolute Gasteiger partial charge is 0.275 e. The van der Waals surface area contributed by atoms with Crippen LogP contribution in [0.15, 0.2) is 16.3 Å². The molecular weight excluding hydrogens is 370 g/mol. The average molecular weight is 395 g/mol. The Morgan fingerprint density at radius 2 is 1.96 bits per heavy atom. The van der Waals surface area contributed by atoms with Gasteiger partial charge in [-0.3, -0.25) is 4.79 Å². The summed E-state index contributed by atoms with van der Waals surface area (Å²) in [5.74, 6) is 0.0417. The first-order valence-corrected chi connectivity index (χ1v) is 10.9. The first-order chi connectivity index (χ1) is 11.4. The maximum absolute atomic E-state index is 12.5. The number of sulfonamides is 1.